The normalized spacial score (nSPS) is 18.0. The monoisotopic (exact) mass is 508 g/mol. The summed E-state index contributed by atoms with van der Waals surface area (Å²) in [6.45, 7) is 3.56. The largest absolute Gasteiger partial charge is 0.469 e. The van der Waals surface area contributed by atoms with Gasteiger partial charge in [-0.1, -0.05) is 135 Å². The van der Waals surface area contributed by atoms with Crippen LogP contribution in [0.3, 0.4) is 0 Å². The SMILES string of the molecule is CCCCCCCCCCCCCCCCC(CCN(C)C)C1CC1CCCCCCCC(=O)OC. The number of hydrogen-bond acceptors (Lipinski definition) is 3. The first-order valence-electron chi connectivity index (χ1n) is 16.3. The first-order chi connectivity index (χ1) is 17.6. The Morgan fingerprint density at radius 1 is 0.722 bits per heavy atom. The van der Waals surface area contributed by atoms with Crippen molar-refractivity contribution in [2.75, 3.05) is 27.7 Å². The smallest absolute Gasteiger partial charge is 0.305 e. The zero-order valence-electron chi connectivity index (χ0n) is 25.2. The molecule has 0 amide bonds. The second kappa shape index (κ2) is 23.5. The van der Waals surface area contributed by atoms with E-state index in [0.29, 0.717) is 6.42 Å². The highest BCUT2D eigenvalue weighted by Crippen LogP contribution is 2.50. The molecule has 1 fully saturated rings. The van der Waals surface area contributed by atoms with Gasteiger partial charge in [-0.15, -0.1) is 0 Å². The van der Waals surface area contributed by atoms with Crippen LogP contribution in [0.1, 0.15) is 161 Å². The minimum absolute atomic E-state index is 0.0570. The van der Waals surface area contributed by atoms with Gasteiger partial charge >= 0.3 is 5.97 Å². The summed E-state index contributed by atoms with van der Waals surface area (Å²) in [5.74, 6) is 2.94. The van der Waals surface area contributed by atoms with Crippen LogP contribution in [0.2, 0.25) is 0 Å². The predicted molar refractivity (Wildman–Crippen MR) is 158 cm³/mol. The number of nitrogens with zero attached hydrogens (tertiary/aromatic N) is 1. The van der Waals surface area contributed by atoms with E-state index in [4.69, 9.17) is 4.74 Å². The molecule has 0 aromatic carbocycles. The molecule has 0 aromatic rings. The van der Waals surface area contributed by atoms with Crippen molar-refractivity contribution in [3.05, 3.63) is 0 Å². The minimum atomic E-state index is -0.0570. The second-order valence-corrected chi connectivity index (χ2v) is 12.3. The van der Waals surface area contributed by atoms with Crippen molar-refractivity contribution in [1.82, 2.24) is 4.90 Å². The van der Waals surface area contributed by atoms with Crippen LogP contribution < -0.4 is 0 Å². The maximum Gasteiger partial charge on any atom is 0.305 e. The average molecular weight is 508 g/mol. The fraction of sp³-hybridized carbons (Fsp3) is 0.970. The van der Waals surface area contributed by atoms with Crippen LogP contribution in [0.25, 0.3) is 0 Å². The standard InChI is InChI=1S/C33H65NO2/c1-5-6-7-8-9-10-11-12-13-14-15-16-18-21-24-30(27-28-34(2)3)32-29-31(32)25-22-19-17-20-23-26-33(35)36-4/h30-32H,5-29H2,1-4H3. The van der Waals surface area contributed by atoms with Crippen LogP contribution >= 0.6 is 0 Å². The number of carbonyl (C=O) groups is 1. The first-order valence-corrected chi connectivity index (χ1v) is 16.3. The van der Waals surface area contributed by atoms with E-state index < -0.39 is 0 Å². The van der Waals surface area contributed by atoms with Gasteiger partial charge in [-0.2, -0.15) is 0 Å². The Kier molecular flexibility index (Phi) is 21.9. The van der Waals surface area contributed by atoms with E-state index in [-0.39, 0.29) is 5.97 Å². The summed E-state index contributed by atoms with van der Waals surface area (Å²) in [5.41, 5.74) is 0. The van der Waals surface area contributed by atoms with Crippen LogP contribution in [0.4, 0.5) is 0 Å². The quantitative estimate of drug-likeness (QED) is 0.0818. The summed E-state index contributed by atoms with van der Waals surface area (Å²) in [6.07, 6.45) is 32.9. The van der Waals surface area contributed by atoms with E-state index in [9.17, 15) is 4.79 Å². The van der Waals surface area contributed by atoms with Gasteiger partial charge < -0.3 is 9.64 Å². The zero-order chi connectivity index (χ0) is 26.3. The van der Waals surface area contributed by atoms with E-state index in [0.717, 1.165) is 24.2 Å². The lowest BCUT2D eigenvalue weighted by Crippen LogP contribution is -2.18. The van der Waals surface area contributed by atoms with Gasteiger partial charge in [0.15, 0.2) is 0 Å². The molecule has 1 aliphatic rings. The average Bonchev–Trinajstić information content (AvgIpc) is 3.64. The Balaban J connectivity index is 2.02. The molecule has 0 bridgehead atoms. The summed E-state index contributed by atoms with van der Waals surface area (Å²) < 4.78 is 4.72. The van der Waals surface area contributed by atoms with E-state index in [1.165, 1.54) is 155 Å². The van der Waals surface area contributed by atoms with Gasteiger partial charge in [-0.25, -0.2) is 0 Å². The molecule has 3 nitrogen and oxygen atoms in total. The summed E-state index contributed by atoms with van der Waals surface area (Å²) in [4.78, 5) is 13.6. The number of hydrogen-bond donors (Lipinski definition) is 0. The van der Waals surface area contributed by atoms with E-state index >= 15 is 0 Å². The Morgan fingerprint density at radius 3 is 1.75 bits per heavy atom. The molecule has 0 spiro atoms. The Hall–Kier alpha value is -0.570. The van der Waals surface area contributed by atoms with Crippen molar-refractivity contribution in [2.45, 2.75) is 161 Å². The molecule has 214 valence electrons. The molecule has 0 N–H and O–H groups in total. The third-order valence-electron chi connectivity index (χ3n) is 8.64. The minimum Gasteiger partial charge on any atom is -0.469 e. The Labute approximate surface area is 226 Å². The first kappa shape index (κ1) is 33.5. The fourth-order valence-electron chi connectivity index (χ4n) is 6.09. The van der Waals surface area contributed by atoms with E-state index in [1.807, 2.05) is 0 Å². The number of unbranched alkanes of at least 4 members (excludes halogenated alkanes) is 17. The van der Waals surface area contributed by atoms with Gasteiger partial charge in [0.05, 0.1) is 7.11 Å². The van der Waals surface area contributed by atoms with Crippen LogP contribution in [0.15, 0.2) is 0 Å². The number of esters is 1. The Bertz CT molecular complexity index is 492. The highest BCUT2D eigenvalue weighted by atomic mass is 16.5. The lowest BCUT2D eigenvalue weighted by atomic mass is 9.90. The zero-order valence-corrected chi connectivity index (χ0v) is 25.2. The number of methoxy groups -OCH3 is 1. The molecule has 0 radical (unpaired) electrons. The highest BCUT2D eigenvalue weighted by molar-refractivity contribution is 5.68. The van der Waals surface area contributed by atoms with Crippen molar-refractivity contribution in [3.8, 4) is 0 Å². The molecule has 0 saturated heterocycles. The Morgan fingerprint density at radius 2 is 1.22 bits per heavy atom. The van der Waals surface area contributed by atoms with Gasteiger partial charge in [0.2, 0.25) is 0 Å². The molecular weight excluding hydrogens is 442 g/mol. The molecule has 36 heavy (non-hydrogen) atoms. The number of carbonyl (C=O) groups excluding carboxylic acids is 1. The lowest BCUT2D eigenvalue weighted by molar-refractivity contribution is -0.140. The molecule has 1 aliphatic carbocycles. The van der Waals surface area contributed by atoms with Gasteiger partial charge in [-0.3, -0.25) is 4.79 Å². The summed E-state index contributed by atoms with van der Waals surface area (Å²) >= 11 is 0. The van der Waals surface area contributed by atoms with Crippen molar-refractivity contribution >= 4 is 5.97 Å². The molecule has 0 aliphatic heterocycles. The van der Waals surface area contributed by atoms with Crippen LogP contribution in [-0.4, -0.2) is 38.6 Å². The van der Waals surface area contributed by atoms with Crippen LogP contribution in [0, 0.1) is 17.8 Å². The van der Waals surface area contributed by atoms with E-state index in [2.05, 4.69) is 25.9 Å². The number of ether oxygens (including phenoxy) is 1. The molecular formula is C33H65NO2. The van der Waals surface area contributed by atoms with Crippen LogP contribution in [0.5, 0.6) is 0 Å². The molecule has 0 heterocycles. The third kappa shape index (κ3) is 19.5. The summed E-state index contributed by atoms with van der Waals surface area (Å²) in [6, 6.07) is 0. The van der Waals surface area contributed by atoms with Gasteiger partial charge in [0.1, 0.15) is 0 Å². The molecule has 3 atom stereocenters. The molecule has 3 unspecified atom stereocenters. The van der Waals surface area contributed by atoms with Crippen LogP contribution in [-0.2, 0) is 9.53 Å². The van der Waals surface area contributed by atoms with Gasteiger partial charge in [0.25, 0.3) is 0 Å². The maximum absolute atomic E-state index is 11.2. The number of rotatable bonds is 27. The van der Waals surface area contributed by atoms with Gasteiger partial charge in [-0.05, 0) is 57.7 Å². The van der Waals surface area contributed by atoms with Crippen molar-refractivity contribution in [3.63, 3.8) is 0 Å². The van der Waals surface area contributed by atoms with Crippen molar-refractivity contribution in [2.24, 2.45) is 17.8 Å². The van der Waals surface area contributed by atoms with E-state index in [1.54, 1.807) is 0 Å². The molecule has 0 aromatic heterocycles. The predicted octanol–water partition coefficient (Wildman–Crippen LogP) is 9.97. The highest BCUT2D eigenvalue weighted by Gasteiger charge is 2.41. The van der Waals surface area contributed by atoms with Crippen molar-refractivity contribution < 1.29 is 9.53 Å². The molecule has 1 saturated carbocycles. The topological polar surface area (TPSA) is 29.5 Å². The molecule has 1 rings (SSSR count). The lowest BCUT2D eigenvalue weighted by Gasteiger charge is -2.20. The fourth-order valence-corrected chi connectivity index (χ4v) is 6.09. The third-order valence-corrected chi connectivity index (χ3v) is 8.64. The molecule has 3 heteroatoms. The van der Waals surface area contributed by atoms with Gasteiger partial charge in [0, 0.05) is 6.42 Å². The second-order valence-electron chi connectivity index (χ2n) is 12.3. The maximum atomic E-state index is 11.2. The summed E-state index contributed by atoms with van der Waals surface area (Å²) in [7, 11) is 5.95. The summed E-state index contributed by atoms with van der Waals surface area (Å²) in [5, 5.41) is 0. The van der Waals surface area contributed by atoms with Crippen molar-refractivity contribution in [1.29, 1.82) is 0 Å².